The molecule has 9 heteroatoms. The summed E-state index contributed by atoms with van der Waals surface area (Å²) in [4.78, 5) is 23.2. The molecule has 1 atom stereocenters. The van der Waals surface area contributed by atoms with Gasteiger partial charge in [-0.1, -0.05) is 30.7 Å². The van der Waals surface area contributed by atoms with Crippen LogP contribution in [0, 0.1) is 31.2 Å². The minimum atomic E-state index is -0.676. The van der Waals surface area contributed by atoms with Crippen LogP contribution in [0.15, 0.2) is 18.2 Å². The Hall–Kier alpha value is -2.34. The van der Waals surface area contributed by atoms with E-state index in [0.717, 1.165) is 47.8 Å². The van der Waals surface area contributed by atoms with Crippen LogP contribution in [-0.4, -0.2) is 10.8 Å². The highest BCUT2D eigenvalue weighted by Gasteiger charge is 2.25. The minimum absolute atomic E-state index is 0.127. The molecular formula is C18H14ClN3O3S2. The number of nitro benzene ring substituents is 1. The number of nitriles is 1. The predicted molar refractivity (Wildman–Crippen MR) is 107 cm³/mol. The fraction of sp³-hybridized carbons (Fsp3) is 0.278. The van der Waals surface area contributed by atoms with Gasteiger partial charge in [-0.2, -0.15) is 5.26 Å². The zero-order valence-electron chi connectivity index (χ0n) is 14.2. The molecule has 1 amide bonds. The highest BCUT2D eigenvalue weighted by Crippen LogP contribution is 2.36. The fourth-order valence-corrected chi connectivity index (χ4v) is 4.72. The Bertz CT molecular complexity index is 1060. The van der Waals surface area contributed by atoms with Crippen LogP contribution in [0.5, 0.6) is 0 Å². The predicted octanol–water partition coefficient (Wildman–Crippen LogP) is 5.29. The van der Waals surface area contributed by atoms with E-state index in [1.165, 1.54) is 12.1 Å². The van der Waals surface area contributed by atoms with E-state index in [4.69, 9.17) is 23.8 Å². The number of nitro groups is 1. The van der Waals surface area contributed by atoms with Crippen molar-refractivity contribution < 1.29 is 9.72 Å². The first-order valence-electron chi connectivity index (χ1n) is 8.16. The SMILES string of the molecule is CC1CCc2c(C#N)c(NC(=O)c3ccc(Cl)cc3[N+](=O)[O-])sc(=S)c2C1. The number of anilines is 1. The summed E-state index contributed by atoms with van der Waals surface area (Å²) in [5.74, 6) is -0.181. The summed E-state index contributed by atoms with van der Waals surface area (Å²) in [6, 6.07) is 5.99. The van der Waals surface area contributed by atoms with Crippen molar-refractivity contribution in [3.63, 3.8) is 0 Å². The van der Waals surface area contributed by atoms with E-state index in [1.807, 2.05) is 0 Å². The lowest BCUT2D eigenvalue weighted by atomic mass is 9.85. The number of nitrogens with one attached hydrogen (secondary N) is 1. The Morgan fingerprint density at radius 3 is 2.89 bits per heavy atom. The van der Waals surface area contributed by atoms with Crippen molar-refractivity contribution in [2.45, 2.75) is 26.2 Å². The smallest absolute Gasteiger partial charge is 0.283 e. The first-order valence-corrected chi connectivity index (χ1v) is 9.76. The van der Waals surface area contributed by atoms with Gasteiger partial charge in [-0.25, -0.2) is 0 Å². The van der Waals surface area contributed by atoms with Crippen molar-refractivity contribution >= 4 is 51.8 Å². The lowest BCUT2D eigenvalue weighted by Crippen LogP contribution is -2.17. The lowest BCUT2D eigenvalue weighted by molar-refractivity contribution is -0.385. The van der Waals surface area contributed by atoms with E-state index in [1.54, 1.807) is 0 Å². The first kappa shape index (κ1) is 19.4. The highest BCUT2D eigenvalue weighted by molar-refractivity contribution is 7.73. The molecule has 3 rings (SSSR count). The summed E-state index contributed by atoms with van der Waals surface area (Å²) in [5, 5.41) is 24.0. The second kappa shape index (κ2) is 7.72. The van der Waals surface area contributed by atoms with E-state index in [9.17, 15) is 20.2 Å². The minimum Gasteiger partial charge on any atom is -0.312 e. The number of benzene rings is 1. The van der Waals surface area contributed by atoms with Gasteiger partial charge >= 0.3 is 0 Å². The maximum absolute atomic E-state index is 12.7. The monoisotopic (exact) mass is 419 g/mol. The Balaban J connectivity index is 2.03. The van der Waals surface area contributed by atoms with Crippen LogP contribution in [0.2, 0.25) is 5.02 Å². The van der Waals surface area contributed by atoms with Crippen molar-refractivity contribution in [1.29, 1.82) is 5.26 Å². The molecule has 0 spiro atoms. The molecule has 1 N–H and O–H groups in total. The molecule has 0 radical (unpaired) electrons. The van der Waals surface area contributed by atoms with Gasteiger partial charge in [0.25, 0.3) is 11.6 Å². The number of hydrogen-bond acceptors (Lipinski definition) is 6. The number of carbonyl (C=O) groups is 1. The van der Waals surface area contributed by atoms with Gasteiger partial charge in [0.15, 0.2) is 0 Å². The number of rotatable bonds is 3. The second-order valence-corrected chi connectivity index (χ2v) is 8.51. The van der Waals surface area contributed by atoms with Crippen molar-refractivity contribution in [3.05, 3.63) is 59.4 Å². The van der Waals surface area contributed by atoms with Gasteiger partial charge in [0.1, 0.15) is 16.6 Å². The van der Waals surface area contributed by atoms with Crippen molar-refractivity contribution in [1.82, 2.24) is 0 Å². The Morgan fingerprint density at radius 2 is 2.22 bits per heavy atom. The summed E-state index contributed by atoms with van der Waals surface area (Å²) in [7, 11) is 0. The van der Waals surface area contributed by atoms with Crippen LogP contribution in [0.4, 0.5) is 10.7 Å². The lowest BCUT2D eigenvalue weighted by Gasteiger charge is -2.23. The van der Waals surface area contributed by atoms with E-state index in [-0.39, 0.29) is 10.6 Å². The molecule has 1 heterocycles. The molecule has 27 heavy (non-hydrogen) atoms. The molecule has 0 fully saturated rings. The van der Waals surface area contributed by atoms with Crippen molar-refractivity contribution in [2.75, 3.05) is 5.32 Å². The van der Waals surface area contributed by atoms with Crippen LogP contribution in [0.1, 0.15) is 40.4 Å². The van der Waals surface area contributed by atoms with Gasteiger partial charge in [-0.15, -0.1) is 11.3 Å². The summed E-state index contributed by atoms with van der Waals surface area (Å²) in [5.41, 5.74) is 1.74. The quantitative estimate of drug-likeness (QED) is 0.414. The molecule has 1 aliphatic carbocycles. The normalized spacial score (nSPS) is 15.5. The third-order valence-electron chi connectivity index (χ3n) is 4.51. The molecule has 1 aliphatic rings. The second-order valence-electron chi connectivity index (χ2n) is 6.38. The van der Waals surface area contributed by atoms with E-state index in [2.05, 4.69) is 18.3 Å². The number of fused-ring (bicyclic) bond motifs is 1. The van der Waals surface area contributed by atoms with E-state index in [0.29, 0.717) is 20.3 Å². The average Bonchev–Trinajstić information content (AvgIpc) is 2.62. The maximum Gasteiger partial charge on any atom is 0.283 e. The molecule has 6 nitrogen and oxygen atoms in total. The van der Waals surface area contributed by atoms with Crippen molar-refractivity contribution in [2.24, 2.45) is 5.92 Å². The molecule has 0 bridgehead atoms. The molecule has 0 aliphatic heterocycles. The zero-order chi connectivity index (χ0) is 19.7. The van der Waals surface area contributed by atoms with Gasteiger partial charge in [0.05, 0.1) is 14.3 Å². The number of halogens is 1. The molecular weight excluding hydrogens is 406 g/mol. The number of carbonyl (C=O) groups excluding carboxylic acids is 1. The van der Waals surface area contributed by atoms with Crippen LogP contribution in [-0.2, 0) is 12.8 Å². The molecule has 1 unspecified atom stereocenters. The molecule has 0 saturated carbocycles. The summed E-state index contributed by atoms with van der Waals surface area (Å²) >= 11 is 12.4. The molecule has 1 aromatic heterocycles. The number of amides is 1. The average molecular weight is 420 g/mol. The zero-order valence-corrected chi connectivity index (χ0v) is 16.6. The number of hydrogen-bond donors (Lipinski definition) is 1. The third kappa shape index (κ3) is 3.86. The van der Waals surface area contributed by atoms with Crippen LogP contribution in [0.25, 0.3) is 0 Å². The van der Waals surface area contributed by atoms with Crippen LogP contribution in [0.3, 0.4) is 0 Å². The van der Waals surface area contributed by atoms with E-state index >= 15 is 0 Å². The van der Waals surface area contributed by atoms with Crippen LogP contribution < -0.4 is 5.32 Å². The number of nitrogens with zero attached hydrogens (tertiary/aromatic N) is 2. The van der Waals surface area contributed by atoms with Gasteiger partial charge in [-0.05, 0) is 48.4 Å². The van der Waals surface area contributed by atoms with Gasteiger partial charge in [-0.3, -0.25) is 14.9 Å². The fourth-order valence-electron chi connectivity index (χ4n) is 3.16. The third-order valence-corrected chi connectivity index (χ3v) is 6.19. The van der Waals surface area contributed by atoms with E-state index < -0.39 is 16.5 Å². The van der Waals surface area contributed by atoms with Crippen molar-refractivity contribution in [3.8, 4) is 6.07 Å². The van der Waals surface area contributed by atoms with Gasteiger partial charge in [0.2, 0.25) is 0 Å². The van der Waals surface area contributed by atoms with Crippen LogP contribution >= 0.6 is 35.2 Å². The topological polar surface area (TPSA) is 96.0 Å². The molecule has 2 aromatic rings. The summed E-state index contributed by atoms with van der Waals surface area (Å²) in [6.45, 7) is 2.14. The summed E-state index contributed by atoms with van der Waals surface area (Å²) < 4.78 is 0.636. The Kier molecular flexibility index (Phi) is 5.56. The largest absolute Gasteiger partial charge is 0.312 e. The Morgan fingerprint density at radius 1 is 1.48 bits per heavy atom. The maximum atomic E-state index is 12.7. The summed E-state index contributed by atoms with van der Waals surface area (Å²) in [6.07, 6.45) is 2.48. The van der Waals surface area contributed by atoms with Gasteiger partial charge < -0.3 is 5.32 Å². The first-order chi connectivity index (χ1) is 12.8. The standard InChI is InChI=1S/C18H14ClN3O3S2/c1-9-2-4-11-13(6-9)18(26)27-17(14(11)8-20)21-16(23)12-5-3-10(19)7-15(12)22(24)25/h3,5,7,9H,2,4,6H2,1H3,(H,21,23). The Labute approximate surface area is 169 Å². The highest BCUT2D eigenvalue weighted by atomic mass is 35.5. The molecule has 0 saturated heterocycles. The molecule has 138 valence electrons. The molecule has 1 aromatic carbocycles. The van der Waals surface area contributed by atoms with Gasteiger partial charge in [0, 0.05) is 11.1 Å².